The quantitative estimate of drug-likeness (QED) is 0.692. The third-order valence-corrected chi connectivity index (χ3v) is 4.19. The molecule has 0 aromatic rings. The number of nitrogens with zero attached hydrogens (tertiary/aromatic N) is 1. The van der Waals surface area contributed by atoms with Crippen LogP contribution in [-0.2, 0) is 0 Å². The molecule has 0 amide bonds. The van der Waals surface area contributed by atoms with Gasteiger partial charge in [0.05, 0.1) is 0 Å². The molecule has 2 fully saturated rings. The van der Waals surface area contributed by atoms with E-state index < -0.39 is 0 Å². The second kappa shape index (κ2) is 5.15. The van der Waals surface area contributed by atoms with E-state index in [1.807, 2.05) is 0 Å². The Balaban J connectivity index is 1.81. The molecule has 1 heterocycles. The predicted molar refractivity (Wildman–Crippen MR) is 68.0 cm³/mol. The molecular formula is C12H22N2S. The van der Waals surface area contributed by atoms with Crippen LogP contribution in [0.25, 0.3) is 0 Å². The van der Waals surface area contributed by atoms with Crippen LogP contribution in [0.4, 0.5) is 0 Å². The molecule has 0 spiro atoms. The van der Waals surface area contributed by atoms with Gasteiger partial charge in [0.2, 0.25) is 0 Å². The van der Waals surface area contributed by atoms with Crippen LogP contribution in [0.15, 0.2) is 0 Å². The Morgan fingerprint density at radius 1 is 1.13 bits per heavy atom. The zero-order chi connectivity index (χ0) is 10.7. The number of thiocarbonyl (C=S) groups is 1. The lowest BCUT2D eigenvalue weighted by Gasteiger charge is -2.32. The van der Waals surface area contributed by atoms with Crippen LogP contribution in [-0.4, -0.2) is 29.1 Å². The Morgan fingerprint density at radius 3 is 2.47 bits per heavy atom. The minimum Gasteiger partial charge on any atom is -0.360 e. The Kier molecular flexibility index (Phi) is 3.84. The van der Waals surface area contributed by atoms with E-state index in [1.54, 1.807) is 0 Å². The zero-order valence-electron chi connectivity index (χ0n) is 9.67. The van der Waals surface area contributed by atoms with E-state index in [-0.39, 0.29) is 0 Å². The fraction of sp³-hybridized carbons (Fsp3) is 0.917. The maximum atomic E-state index is 5.46. The first-order chi connectivity index (χ1) is 7.27. The van der Waals surface area contributed by atoms with Gasteiger partial charge < -0.3 is 10.2 Å². The zero-order valence-corrected chi connectivity index (χ0v) is 10.5. The summed E-state index contributed by atoms with van der Waals surface area (Å²) in [6, 6.07) is 0.631. The van der Waals surface area contributed by atoms with Crippen molar-refractivity contribution < 1.29 is 0 Å². The molecule has 2 aliphatic rings. The summed E-state index contributed by atoms with van der Waals surface area (Å²) >= 11 is 5.46. The highest BCUT2D eigenvalue weighted by Crippen LogP contribution is 2.24. The summed E-state index contributed by atoms with van der Waals surface area (Å²) in [5, 5.41) is 4.57. The van der Waals surface area contributed by atoms with Gasteiger partial charge >= 0.3 is 0 Å². The molecule has 1 saturated carbocycles. The molecule has 2 nitrogen and oxygen atoms in total. The molecule has 0 radical (unpaired) electrons. The fourth-order valence-corrected chi connectivity index (χ4v) is 3.03. The molecule has 1 aliphatic heterocycles. The van der Waals surface area contributed by atoms with Gasteiger partial charge in [0.15, 0.2) is 5.11 Å². The van der Waals surface area contributed by atoms with Crippen molar-refractivity contribution in [2.45, 2.75) is 51.5 Å². The Hall–Kier alpha value is -0.310. The van der Waals surface area contributed by atoms with Crippen LogP contribution in [0.1, 0.15) is 45.4 Å². The monoisotopic (exact) mass is 226 g/mol. The summed E-state index contributed by atoms with van der Waals surface area (Å²) in [4.78, 5) is 2.33. The van der Waals surface area contributed by atoms with E-state index in [4.69, 9.17) is 12.2 Å². The molecule has 86 valence electrons. The molecule has 0 unspecified atom stereocenters. The normalized spacial score (nSPS) is 31.7. The van der Waals surface area contributed by atoms with Crippen molar-refractivity contribution in [1.29, 1.82) is 0 Å². The van der Waals surface area contributed by atoms with Crippen molar-refractivity contribution in [1.82, 2.24) is 10.2 Å². The lowest BCUT2D eigenvalue weighted by atomic mass is 9.86. The highest BCUT2D eigenvalue weighted by molar-refractivity contribution is 7.80. The van der Waals surface area contributed by atoms with Gasteiger partial charge in [-0.15, -0.1) is 0 Å². The highest BCUT2D eigenvalue weighted by atomic mass is 32.1. The molecular weight excluding hydrogens is 204 g/mol. The van der Waals surface area contributed by atoms with Gasteiger partial charge in [0.25, 0.3) is 0 Å². The number of hydrogen-bond acceptors (Lipinski definition) is 1. The number of nitrogens with one attached hydrogen (secondary N) is 1. The van der Waals surface area contributed by atoms with Gasteiger partial charge in [-0.1, -0.05) is 19.8 Å². The van der Waals surface area contributed by atoms with E-state index in [1.165, 1.54) is 38.5 Å². The van der Waals surface area contributed by atoms with E-state index in [0.29, 0.717) is 6.04 Å². The van der Waals surface area contributed by atoms with Crippen molar-refractivity contribution in [2.24, 2.45) is 5.92 Å². The lowest BCUT2D eigenvalue weighted by Crippen LogP contribution is -2.46. The number of likely N-dealkylation sites (tertiary alicyclic amines) is 1. The summed E-state index contributed by atoms with van der Waals surface area (Å²) in [6.45, 7) is 4.67. The second-order valence-corrected chi connectivity index (χ2v) is 5.40. The third-order valence-electron chi connectivity index (χ3n) is 3.81. The Bertz CT molecular complexity index is 224. The van der Waals surface area contributed by atoms with Crippen LogP contribution < -0.4 is 5.32 Å². The van der Waals surface area contributed by atoms with Gasteiger partial charge in [-0.05, 0) is 43.8 Å². The van der Waals surface area contributed by atoms with Crippen LogP contribution >= 0.6 is 12.2 Å². The minimum absolute atomic E-state index is 0.631. The first-order valence-electron chi connectivity index (χ1n) is 6.33. The largest absolute Gasteiger partial charge is 0.360 e. The first-order valence-corrected chi connectivity index (χ1v) is 6.73. The summed E-state index contributed by atoms with van der Waals surface area (Å²) < 4.78 is 0. The first kappa shape index (κ1) is 11.2. The Morgan fingerprint density at radius 2 is 1.80 bits per heavy atom. The van der Waals surface area contributed by atoms with Crippen LogP contribution in [0.2, 0.25) is 0 Å². The molecule has 0 aromatic carbocycles. The van der Waals surface area contributed by atoms with Crippen molar-refractivity contribution >= 4 is 17.3 Å². The second-order valence-electron chi connectivity index (χ2n) is 5.01. The molecule has 2 rings (SSSR count). The summed E-state index contributed by atoms with van der Waals surface area (Å²) in [5.41, 5.74) is 0. The number of hydrogen-bond donors (Lipinski definition) is 1. The summed E-state index contributed by atoms with van der Waals surface area (Å²) in [7, 11) is 0. The fourth-order valence-electron chi connectivity index (χ4n) is 2.70. The molecule has 15 heavy (non-hydrogen) atoms. The topological polar surface area (TPSA) is 15.3 Å². The molecule has 1 saturated heterocycles. The Labute approximate surface area is 98.4 Å². The van der Waals surface area contributed by atoms with Crippen molar-refractivity contribution in [3.05, 3.63) is 0 Å². The van der Waals surface area contributed by atoms with E-state index in [0.717, 1.165) is 24.1 Å². The van der Waals surface area contributed by atoms with Gasteiger partial charge in [0.1, 0.15) is 0 Å². The van der Waals surface area contributed by atoms with E-state index in [2.05, 4.69) is 17.1 Å². The van der Waals surface area contributed by atoms with Crippen molar-refractivity contribution in [3.63, 3.8) is 0 Å². The average Bonchev–Trinajstić information content (AvgIpc) is 2.74. The van der Waals surface area contributed by atoms with E-state index in [9.17, 15) is 0 Å². The highest BCUT2D eigenvalue weighted by Gasteiger charge is 2.24. The van der Waals surface area contributed by atoms with E-state index >= 15 is 0 Å². The van der Waals surface area contributed by atoms with Gasteiger partial charge in [0, 0.05) is 19.1 Å². The maximum Gasteiger partial charge on any atom is 0.169 e. The van der Waals surface area contributed by atoms with Gasteiger partial charge in [-0.3, -0.25) is 0 Å². The van der Waals surface area contributed by atoms with Gasteiger partial charge in [-0.2, -0.15) is 0 Å². The lowest BCUT2D eigenvalue weighted by molar-refractivity contribution is 0.301. The smallest absolute Gasteiger partial charge is 0.169 e. The number of rotatable bonds is 1. The van der Waals surface area contributed by atoms with Gasteiger partial charge in [-0.25, -0.2) is 0 Å². The molecule has 1 N–H and O–H groups in total. The molecule has 3 heteroatoms. The van der Waals surface area contributed by atoms with Crippen molar-refractivity contribution in [3.8, 4) is 0 Å². The molecule has 2 atom stereocenters. The standard InChI is InChI=1S/C12H22N2S/c1-10-6-2-3-7-11(10)13-12(15)14-8-4-5-9-14/h10-11H,2-9H2,1H3,(H,13,15)/t10-,11+/m1/s1. The van der Waals surface area contributed by atoms with Crippen molar-refractivity contribution in [2.75, 3.05) is 13.1 Å². The predicted octanol–water partition coefficient (Wildman–Crippen LogP) is 2.54. The maximum absolute atomic E-state index is 5.46. The van der Waals surface area contributed by atoms with Crippen LogP contribution in [0, 0.1) is 5.92 Å². The molecule has 1 aliphatic carbocycles. The third kappa shape index (κ3) is 2.83. The van der Waals surface area contributed by atoms with Crippen LogP contribution in [0.3, 0.4) is 0 Å². The molecule has 0 bridgehead atoms. The summed E-state index contributed by atoms with van der Waals surface area (Å²) in [6.07, 6.45) is 8.04. The molecule has 0 aromatic heterocycles. The average molecular weight is 226 g/mol. The minimum atomic E-state index is 0.631. The summed E-state index contributed by atoms with van der Waals surface area (Å²) in [5.74, 6) is 0.791. The SMILES string of the molecule is C[C@@H]1CCCC[C@@H]1NC(=S)N1CCCC1. The van der Waals surface area contributed by atoms with Crippen LogP contribution in [0.5, 0.6) is 0 Å².